The van der Waals surface area contributed by atoms with Gasteiger partial charge in [-0.2, -0.15) is 0 Å². The molecule has 206 valence electrons. The lowest BCUT2D eigenvalue weighted by Crippen LogP contribution is -2.63. The number of hydrogen-bond donors (Lipinski definition) is 0. The third-order valence-electron chi connectivity index (χ3n) is 9.31. The first kappa shape index (κ1) is 31.2. The van der Waals surface area contributed by atoms with Crippen LogP contribution in [0.4, 0.5) is 0 Å². The Bertz CT molecular complexity index is 761. The second-order valence-electron chi connectivity index (χ2n) is 15.2. The molecule has 0 unspecified atom stereocenters. The van der Waals surface area contributed by atoms with Crippen LogP contribution in [0.15, 0.2) is 0 Å². The second kappa shape index (κ2) is 9.93. The van der Waals surface area contributed by atoms with Crippen LogP contribution >= 0.6 is 0 Å². The molecule has 0 aliphatic carbocycles. The maximum absolute atomic E-state index is 12.4. The van der Waals surface area contributed by atoms with Crippen LogP contribution in [0.3, 0.4) is 0 Å². The van der Waals surface area contributed by atoms with E-state index in [1.807, 2.05) is 0 Å². The molecule has 35 heavy (non-hydrogen) atoms. The van der Waals surface area contributed by atoms with Crippen LogP contribution in [0.1, 0.15) is 68.7 Å². The predicted molar refractivity (Wildman–Crippen MR) is 150 cm³/mol. The fourth-order valence-electron chi connectivity index (χ4n) is 3.63. The van der Waals surface area contributed by atoms with Gasteiger partial charge in [-0.3, -0.25) is 4.79 Å². The van der Waals surface area contributed by atoms with Gasteiger partial charge in [-0.05, 0) is 54.4 Å². The van der Waals surface area contributed by atoms with Gasteiger partial charge in [0.25, 0.3) is 0 Å². The van der Waals surface area contributed by atoms with E-state index in [1.54, 1.807) is 0 Å². The Hall–Kier alpha value is -0.0394. The van der Waals surface area contributed by atoms with Crippen LogP contribution in [0.5, 0.6) is 0 Å². The molecular formula is C26H54O6Si3. The van der Waals surface area contributed by atoms with Gasteiger partial charge in [-0.25, -0.2) is 0 Å². The molecule has 0 radical (unpaired) electrons. The molecule has 0 amide bonds. The molecule has 6 nitrogen and oxygen atoms in total. The standard InChI is InChI=1S/C26H54O6Si3/c1-24(2,3)33(10,11)28-17-19-22(32-35(14,15)26(7,8)9)21(31-34(12,13)25(4,5)6)18-16-20(27)30-23(18)29-19/h18-19,21-23H,16-17H2,1-15H3/t18-,19-,21-,22-,23-/m1/s1. The van der Waals surface area contributed by atoms with Gasteiger partial charge in [0.15, 0.2) is 25.0 Å². The molecule has 2 aliphatic rings. The monoisotopic (exact) mass is 546 g/mol. The van der Waals surface area contributed by atoms with Crippen LogP contribution < -0.4 is 0 Å². The Morgan fingerprint density at radius 2 is 1.17 bits per heavy atom. The zero-order valence-corrected chi connectivity index (χ0v) is 28.3. The number of rotatable bonds is 7. The fraction of sp³-hybridized carbons (Fsp3) is 0.962. The Labute approximate surface area is 218 Å². The second-order valence-corrected chi connectivity index (χ2v) is 29.5. The average molecular weight is 547 g/mol. The Kier molecular flexibility index (Phi) is 8.84. The van der Waals surface area contributed by atoms with Gasteiger partial charge < -0.3 is 22.8 Å². The summed E-state index contributed by atoms with van der Waals surface area (Å²) >= 11 is 0. The molecule has 0 N–H and O–H groups in total. The molecule has 5 atom stereocenters. The van der Waals surface area contributed by atoms with E-state index in [2.05, 4.69) is 102 Å². The summed E-state index contributed by atoms with van der Waals surface area (Å²) in [7, 11) is -6.38. The van der Waals surface area contributed by atoms with E-state index in [1.165, 1.54) is 0 Å². The molecule has 2 aliphatic heterocycles. The van der Waals surface area contributed by atoms with Gasteiger partial charge in [-0.1, -0.05) is 62.3 Å². The third-order valence-corrected chi connectivity index (χ3v) is 22.8. The highest BCUT2D eigenvalue weighted by Crippen LogP contribution is 2.47. The lowest BCUT2D eigenvalue weighted by molar-refractivity contribution is -0.249. The molecular weight excluding hydrogens is 493 g/mol. The fourth-order valence-corrected chi connectivity index (χ4v) is 7.31. The first-order valence-electron chi connectivity index (χ1n) is 13.2. The zero-order valence-electron chi connectivity index (χ0n) is 25.3. The van der Waals surface area contributed by atoms with Gasteiger partial charge in [-0.15, -0.1) is 0 Å². The highest BCUT2D eigenvalue weighted by molar-refractivity contribution is 6.75. The normalized spacial score (nSPS) is 29.2. The van der Waals surface area contributed by atoms with E-state index in [9.17, 15) is 4.79 Å². The summed E-state index contributed by atoms with van der Waals surface area (Å²) in [6, 6.07) is 0. The van der Waals surface area contributed by atoms with Crippen LogP contribution in [0.25, 0.3) is 0 Å². The van der Waals surface area contributed by atoms with Crippen molar-refractivity contribution in [3.63, 3.8) is 0 Å². The van der Waals surface area contributed by atoms with Crippen molar-refractivity contribution in [2.75, 3.05) is 6.61 Å². The molecule has 2 rings (SSSR count). The van der Waals surface area contributed by atoms with Crippen molar-refractivity contribution in [1.29, 1.82) is 0 Å². The minimum Gasteiger partial charge on any atom is -0.435 e. The molecule has 0 saturated carbocycles. The van der Waals surface area contributed by atoms with Crippen molar-refractivity contribution in [2.45, 2.75) is 148 Å². The Balaban J connectivity index is 2.50. The largest absolute Gasteiger partial charge is 0.435 e. The van der Waals surface area contributed by atoms with Crippen LogP contribution in [0.2, 0.25) is 54.4 Å². The zero-order chi connectivity index (χ0) is 27.4. The lowest BCUT2D eigenvalue weighted by atomic mass is 9.90. The molecule has 0 aromatic carbocycles. The Morgan fingerprint density at radius 1 is 0.743 bits per heavy atom. The summed E-state index contributed by atoms with van der Waals surface area (Å²) in [5.41, 5.74) is 0. The number of carbonyl (C=O) groups is 1. The summed E-state index contributed by atoms with van der Waals surface area (Å²) in [5.74, 6) is -0.392. The molecule has 2 heterocycles. The molecule has 2 fully saturated rings. The van der Waals surface area contributed by atoms with Crippen LogP contribution in [-0.4, -0.2) is 62.1 Å². The van der Waals surface area contributed by atoms with Gasteiger partial charge in [0.1, 0.15) is 6.10 Å². The molecule has 9 heteroatoms. The van der Waals surface area contributed by atoms with E-state index in [0.717, 1.165) is 0 Å². The van der Waals surface area contributed by atoms with Crippen molar-refractivity contribution >= 4 is 30.9 Å². The first-order valence-corrected chi connectivity index (χ1v) is 22.0. The molecule has 2 saturated heterocycles. The van der Waals surface area contributed by atoms with E-state index >= 15 is 0 Å². The quantitative estimate of drug-likeness (QED) is 0.251. The smallest absolute Gasteiger partial charge is 0.308 e. The highest BCUT2D eigenvalue weighted by Gasteiger charge is 2.57. The summed E-state index contributed by atoms with van der Waals surface area (Å²) in [6.07, 6.45) is -1.25. The van der Waals surface area contributed by atoms with E-state index in [-0.39, 0.29) is 45.3 Å². The average Bonchev–Trinajstić information content (AvgIpc) is 2.99. The van der Waals surface area contributed by atoms with Crippen molar-refractivity contribution < 1.29 is 27.5 Å². The highest BCUT2D eigenvalue weighted by atomic mass is 28.4. The lowest BCUT2D eigenvalue weighted by Gasteiger charge is -2.51. The van der Waals surface area contributed by atoms with Crippen LogP contribution in [-0.2, 0) is 27.5 Å². The maximum atomic E-state index is 12.4. The number of carbonyl (C=O) groups excluding carboxylic acids is 1. The number of ether oxygens (including phenoxy) is 2. The van der Waals surface area contributed by atoms with E-state index in [0.29, 0.717) is 13.0 Å². The van der Waals surface area contributed by atoms with Crippen molar-refractivity contribution in [2.24, 2.45) is 5.92 Å². The molecule has 0 bridgehead atoms. The SMILES string of the molecule is CC(C)(C)[Si](C)(C)OC[C@H]1O[C@@H]2OC(=O)C[C@@H]2[C@@H](O[Si](C)(C)C(C)(C)C)[C@@H]1O[Si](C)(C)C(C)(C)C. The first-order chi connectivity index (χ1) is 15.4. The van der Waals surface area contributed by atoms with Gasteiger partial charge in [0.05, 0.1) is 31.2 Å². The summed E-state index contributed by atoms with van der Waals surface area (Å²) in [6.45, 7) is 34.2. The number of fused-ring (bicyclic) bond motifs is 1. The summed E-state index contributed by atoms with van der Waals surface area (Å²) in [5, 5.41) is 0.133. The maximum Gasteiger partial charge on any atom is 0.308 e. The Morgan fingerprint density at radius 3 is 1.60 bits per heavy atom. The van der Waals surface area contributed by atoms with E-state index in [4.69, 9.17) is 22.8 Å². The van der Waals surface area contributed by atoms with Gasteiger partial charge in [0.2, 0.25) is 6.29 Å². The predicted octanol–water partition coefficient (Wildman–Crippen LogP) is 7.08. The summed E-state index contributed by atoms with van der Waals surface area (Å²) < 4.78 is 33.0. The molecule has 0 aromatic rings. The van der Waals surface area contributed by atoms with Gasteiger partial charge >= 0.3 is 5.97 Å². The molecule has 0 aromatic heterocycles. The van der Waals surface area contributed by atoms with E-state index < -0.39 is 31.2 Å². The van der Waals surface area contributed by atoms with Crippen molar-refractivity contribution in [3.8, 4) is 0 Å². The van der Waals surface area contributed by atoms with Crippen molar-refractivity contribution in [1.82, 2.24) is 0 Å². The number of esters is 1. The minimum atomic E-state index is -2.18. The minimum absolute atomic E-state index is 0.0260. The third kappa shape index (κ3) is 6.89. The van der Waals surface area contributed by atoms with Crippen molar-refractivity contribution in [3.05, 3.63) is 0 Å². The van der Waals surface area contributed by atoms with Crippen LogP contribution in [0, 0.1) is 5.92 Å². The van der Waals surface area contributed by atoms with Gasteiger partial charge in [0, 0.05) is 0 Å². The summed E-state index contributed by atoms with van der Waals surface area (Å²) in [4.78, 5) is 12.4. The molecule has 0 spiro atoms. The topological polar surface area (TPSA) is 63.2 Å². The number of hydrogen-bond acceptors (Lipinski definition) is 6.